The number of rotatable bonds is 2. The molecule has 32 heavy (non-hydrogen) atoms. The maximum absolute atomic E-state index is 6.69. The molecule has 0 radical (unpaired) electrons. The van der Waals surface area contributed by atoms with Crippen molar-refractivity contribution in [1.29, 1.82) is 0 Å². The monoisotopic (exact) mass is 484 g/mol. The number of aromatic nitrogens is 3. The zero-order valence-electron chi connectivity index (χ0n) is 17.7. The van der Waals surface area contributed by atoms with Crippen LogP contribution in [-0.2, 0) is 0 Å². The van der Waals surface area contributed by atoms with Crippen LogP contribution in [-0.4, -0.2) is 21.8 Å². The number of fused-ring (bicyclic) bond motifs is 3. The van der Waals surface area contributed by atoms with Gasteiger partial charge in [-0.2, -0.15) is 10.1 Å². The van der Waals surface area contributed by atoms with Crippen molar-refractivity contribution in [3.8, 4) is 5.75 Å². The normalized spacial score (nSPS) is 19.2. The number of ether oxygens (including phenoxy) is 1. The summed E-state index contributed by atoms with van der Waals surface area (Å²) >= 11 is 3.57. The Labute approximate surface area is 195 Å². The van der Waals surface area contributed by atoms with Gasteiger partial charge in [-0.05, 0) is 42.3 Å². The van der Waals surface area contributed by atoms with Crippen molar-refractivity contribution in [2.75, 3.05) is 11.9 Å². The second-order valence-electron chi connectivity index (χ2n) is 8.23. The zero-order valence-corrected chi connectivity index (χ0v) is 19.3. The highest BCUT2D eigenvalue weighted by atomic mass is 79.9. The minimum atomic E-state index is -0.242. The Kier molecular flexibility index (Phi) is 4.43. The minimum absolute atomic E-state index is 0.133. The largest absolute Gasteiger partial charge is 0.480 e. The SMILES string of the molecule is Cc1ccc([C@H]2Oc3ccccc3C3=C2[C@H](c2ccc(Br)cc2)n2ncnc2N3C)cc1. The van der Waals surface area contributed by atoms with Gasteiger partial charge in [-0.25, -0.2) is 4.68 Å². The predicted molar refractivity (Wildman–Crippen MR) is 129 cm³/mol. The van der Waals surface area contributed by atoms with E-state index in [1.807, 2.05) is 16.8 Å². The molecule has 0 saturated heterocycles. The summed E-state index contributed by atoms with van der Waals surface area (Å²) in [4.78, 5) is 6.74. The summed E-state index contributed by atoms with van der Waals surface area (Å²) in [5.41, 5.74) is 6.85. The lowest BCUT2D eigenvalue weighted by Crippen LogP contribution is -2.37. The number of benzene rings is 3. The summed E-state index contributed by atoms with van der Waals surface area (Å²) in [5.74, 6) is 1.70. The van der Waals surface area contributed by atoms with E-state index in [1.165, 1.54) is 5.56 Å². The van der Waals surface area contributed by atoms with E-state index in [2.05, 4.69) is 106 Å². The van der Waals surface area contributed by atoms with Gasteiger partial charge in [-0.3, -0.25) is 0 Å². The summed E-state index contributed by atoms with van der Waals surface area (Å²) in [6.45, 7) is 2.10. The summed E-state index contributed by atoms with van der Waals surface area (Å²) in [6, 6.07) is 25.1. The first-order valence-electron chi connectivity index (χ1n) is 10.6. The van der Waals surface area contributed by atoms with Gasteiger partial charge in [-0.15, -0.1) is 0 Å². The fourth-order valence-corrected chi connectivity index (χ4v) is 5.00. The van der Waals surface area contributed by atoms with Crippen molar-refractivity contribution in [3.05, 3.63) is 111 Å². The standard InChI is InChI=1S/C26H21BrN4O/c1-16-7-9-18(10-8-16)25-22-23(17-11-13-19(27)14-12-17)31-26(28-15-29-31)30(2)24(22)20-5-3-4-6-21(20)32-25/h3-15,23,25H,1-2H3/t23-,25+/m0/s1. The number of aryl methyl sites for hydroxylation is 1. The summed E-state index contributed by atoms with van der Waals surface area (Å²) in [6.07, 6.45) is 1.39. The molecule has 2 aliphatic rings. The molecular weight excluding hydrogens is 464 g/mol. The average molecular weight is 485 g/mol. The highest BCUT2D eigenvalue weighted by Crippen LogP contribution is 2.52. The molecule has 3 aromatic carbocycles. The first-order valence-corrected chi connectivity index (χ1v) is 11.4. The lowest BCUT2D eigenvalue weighted by molar-refractivity contribution is 0.222. The van der Waals surface area contributed by atoms with E-state index in [0.717, 1.165) is 44.1 Å². The molecule has 158 valence electrons. The van der Waals surface area contributed by atoms with E-state index >= 15 is 0 Å². The molecule has 5 nitrogen and oxygen atoms in total. The molecular formula is C26H21BrN4O. The van der Waals surface area contributed by atoms with Crippen LogP contribution in [0.5, 0.6) is 5.75 Å². The molecule has 2 aliphatic heterocycles. The van der Waals surface area contributed by atoms with Crippen molar-refractivity contribution >= 4 is 27.6 Å². The van der Waals surface area contributed by atoms with Crippen LogP contribution in [0.2, 0.25) is 0 Å². The number of hydrogen-bond acceptors (Lipinski definition) is 4. The van der Waals surface area contributed by atoms with E-state index in [-0.39, 0.29) is 12.1 Å². The molecule has 3 heterocycles. The molecule has 1 aromatic heterocycles. The third kappa shape index (κ3) is 2.90. The fraction of sp³-hybridized carbons (Fsp3) is 0.154. The van der Waals surface area contributed by atoms with Crippen molar-refractivity contribution in [1.82, 2.24) is 14.8 Å². The van der Waals surface area contributed by atoms with E-state index in [4.69, 9.17) is 4.74 Å². The number of halogens is 1. The van der Waals surface area contributed by atoms with Gasteiger partial charge < -0.3 is 9.64 Å². The summed E-state index contributed by atoms with van der Waals surface area (Å²) in [5, 5.41) is 4.64. The zero-order chi connectivity index (χ0) is 21.8. The van der Waals surface area contributed by atoms with Crippen LogP contribution >= 0.6 is 15.9 Å². The smallest absolute Gasteiger partial charge is 0.229 e. The van der Waals surface area contributed by atoms with Crippen molar-refractivity contribution < 1.29 is 4.74 Å². The molecule has 6 rings (SSSR count). The molecule has 0 N–H and O–H groups in total. The summed E-state index contributed by atoms with van der Waals surface area (Å²) in [7, 11) is 2.06. The van der Waals surface area contributed by atoms with Gasteiger partial charge in [0.05, 0.1) is 5.70 Å². The molecule has 0 amide bonds. The number of anilines is 1. The molecule has 0 aliphatic carbocycles. The number of hydrogen-bond donors (Lipinski definition) is 0. The van der Waals surface area contributed by atoms with Crippen LogP contribution in [0.1, 0.15) is 34.4 Å². The van der Waals surface area contributed by atoms with E-state index in [9.17, 15) is 0 Å². The second-order valence-corrected chi connectivity index (χ2v) is 9.14. The van der Waals surface area contributed by atoms with Gasteiger partial charge in [-0.1, -0.05) is 70.0 Å². The third-order valence-corrected chi connectivity index (χ3v) is 6.77. The average Bonchev–Trinajstić information content (AvgIpc) is 3.30. The number of nitrogens with zero attached hydrogens (tertiary/aromatic N) is 4. The Morgan fingerprint density at radius 1 is 0.906 bits per heavy atom. The van der Waals surface area contributed by atoms with Crippen molar-refractivity contribution in [3.63, 3.8) is 0 Å². The van der Waals surface area contributed by atoms with Crippen LogP contribution < -0.4 is 9.64 Å². The third-order valence-electron chi connectivity index (χ3n) is 6.24. The highest BCUT2D eigenvalue weighted by Gasteiger charge is 2.42. The topological polar surface area (TPSA) is 43.2 Å². The first kappa shape index (κ1) is 19.3. The molecule has 0 fully saturated rings. The van der Waals surface area contributed by atoms with E-state index in [1.54, 1.807) is 6.33 Å². The maximum Gasteiger partial charge on any atom is 0.229 e. The van der Waals surface area contributed by atoms with E-state index < -0.39 is 0 Å². The van der Waals surface area contributed by atoms with Crippen LogP contribution in [0, 0.1) is 6.92 Å². The molecule has 4 aromatic rings. The van der Waals surface area contributed by atoms with Gasteiger partial charge in [0.25, 0.3) is 0 Å². The fourth-order valence-electron chi connectivity index (χ4n) is 4.74. The van der Waals surface area contributed by atoms with Crippen LogP contribution in [0.25, 0.3) is 5.70 Å². The maximum atomic E-state index is 6.69. The molecule has 0 bridgehead atoms. The molecule has 0 spiro atoms. The van der Waals surface area contributed by atoms with Gasteiger partial charge in [0.1, 0.15) is 24.2 Å². The van der Waals surface area contributed by atoms with E-state index in [0.29, 0.717) is 0 Å². The molecule has 0 unspecified atom stereocenters. The highest BCUT2D eigenvalue weighted by molar-refractivity contribution is 9.10. The molecule has 2 atom stereocenters. The minimum Gasteiger partial charge on any atom is -0.480 e. The lowest BCUT2D eigenvalue weighted by Gasteiger charge is -2.42. The molecule has 6 heteroatoms. The Hall–Kier alpha value is -3.38. The van der Waals surface area contributed by atoms with Crippen molar-refractivity contribution in [2.24, 2.45) is 0 Å². The predicted octanol–water partition coefficient (Wildman–Crippen LogP) is 5.93. The van der Waals surface area contributed by atoms with Gasteiger partial charge in [0, 0.05) is 22.7 Å². The number of para-hydroxylation sites is 1. The molecule has 0 saturated carbocycles. The van der Waals surface area contributed by atoms with Crippen LogP contribution in [0.15, 0.2) is 89.2 Å². The Bertz CT molecular complexity index is 1340. The van der Waals surface area contributed by atoms with Crippen molar-refractivity contribution in [2.45, 2.75) is 19.1 Å². The van der Waals surface area contributed by atoms with Gasteiger partial charge in [0.15, 0.2) is 0 Å². The summed E-state index contributed by atoms with van der Waals surface area (Å²) < 4.78 is 9.73. The van der Waals surface area contributed by atoms with Gasteiger partial charge in [0.2, 0.25) is 5.95 Å². The Morgan fingerprint density at radius 2 is 1.62 bits per heavy atom. The van der Waals surface area contributed by atoms with Crippen LogP contribution in [0.3, 0.4) is 0 Å². The van der Waals surface area contributed by atoms with Gasteiger partial charge >= 0.3 is 0 Å². The van der Waals surface area contributed by atoms with Crippen LogP contribution in [0.4, 0.5) is 5.95 Å². The Morgan fingerprint density at radius 3 is 2.41 bits per heavy atom. The quantitative estimate of drug-likeness (QED) is 0.353. The first-order chi connectivity index (χ1) is 15.6. The second kappa shape index (κ2) is 7.35. The Balaban J connectivity index is 1.65. The lowest BCUT2D eigenvalue weighted by atomic mass is 9.84.